The Morgan fingerprint density at radius 2 is 2.40 bits per heavy atom. The molecule has 0 aromatic rings. The van der Waals surface area contributed by atoms with Gasteiger partial charge in [0.2, 0.25) is 0 Å². The Balaban J connectivity index is 2.63. The molecule has 58 valence electrons. The number of rotatable bonds is 1. The van der Waals surface area contributed by atoms with Crippen molar-refractivity contribution in [3.05, 3.63) is 0 Å². The summed E-state index contributed by atoms with van der Waals surface area (Å²) in [4.78, 5) is 11.0. The van der Waals surface area contributed by atoms with E-state index in [0.29, 0.717) is 6.61 Å². The zero-order chi connectivity index (χ0) is 7.61. The van der Waals surface area contributed by atoms with Crippen molar-refractivity contribution in [3.63, 3.8) is 0 Å². The van der Waals surface area contributed by atoms with E-state index in [1.165, 1.54) is 7.11 Å². The van der Waals surface area contributed by atoms with E-state index in [0.717, 1.165) is 12.8 Å². The van der Waals surface area contributed by atoms with Gasteiger partial charge in [0, 0.05) is 7.11 Å². The second-order valence-electron chi connectivity index (χ2n) is 2.67. The van der Waals surface area contributed by atoms with Crippen LogP contribution in [0.2, 0.25) is 0 Å². The SMILES string of the molecule is COC1(C)CCCOC1=O. The van der Waals surface area contributed by atoms with Crippen molar-refractivity contribution in [1.29, 1.82) is 0 Å². The lowest BCUT2D eigenvalue weighted by atomic mass is 9.98. The van der Waals surface area contributed by atoms with Crippen molar-refractivity contribution in [2.24, 2.45) is 0 Å². The van der Waals surface area contributed by atoms with Crippen molar-refractivity contribution >= 4 is 5.97 Å². The van der Waals surface area contributed by atoms with E-state index in [1.807, 2.05) is 0 Å². The minimum Gasteiger partial charge on any atom is -0.464 e. The third kappa shape index (κ3) is 1.14. The first-order chi connectivity index (χ1) is 4.69. The highest BCUT2D eigenvalue weighted by atomic mass is 16.6. The van der Waals surface area contributed by atoms with Crippen LogP contribution >= 0.6 is 0 Å². The molecular weight excluding hydrogens is 132 g/mol. The minimum atomic E-state index is -0.682. The van der Waals surface area contributed by atoms with Gasteiger partial charge >= 0.3 is 5.97 Å². The van der Waals surface area contributed by atoms with Gasteiger partial charge in [0.05, 0.1) is 6.61 Å². The third-order valence-corrected chi connectivity index (χ3v) is 1.91. The third-order valence-electron chi connectivity index (χ3n) is 1.91. The second kappa shape index (κ2) is 2.58. The molecule has 0 N–H and O–H groups in total. The van der Waals surface area contributed by atoms with Gasteiger partial charge in [-0.2, -0.15) is 0 Å². The summed E-state index contributed by atoms with van der Waals surface area (Å²) in [6, 6.07) is 0. The van der Waals surface area contributed by atoms with Crippen LogP contribution in [0.5, 0.6) is 0 Å². The van der Waals surface area contributed by atoms with Crippen molar-refractivity contribution in [2.45, 2.75) is 25.4 Å². The van der Waals surface area contributed by atoms with Gasteiger partial charge in [-0.15, -0.1) is 0 Å². The van der Waals surface area contributed by atoms with E-state index in [9.17, 15) is 4.79 Å². The minimum absolute atomic E-state index is 0.235. The largest absolute Gasteiger partial charge is 0.464 e. The van der Waals surface area contributed by atoms with Crippen LogP contribution in [0.15, 0.2) is 0 Å². The van der Waals surface area contributed by atoms with Gasteiger partial charge in [0.25, 0.3) is 0 Å². The Bertz CT molecular complexity index is 144. The lowest BCUT2D eigenvalue weighted by Crippen LogP contribution is -2.42. The van der Waals surface area contributed by atoms with Crippen LogP contribution < -0.4 is 0 Å². The highest BCUT2D eigenvalue weighted by Crippen LogP contribution is 2.22. The average Bonchev–Trinajstić information content (AvgIpc) is 1.96. The maximum Gasteiger partial charge on any atom is 0.338 e. The molecule has 0 saturated carbocycles. The van der Waals surface area contributed by atoms with Crippen LogP contribution in [-0.4, -0.2) is 25.3 Å². The summed E-state index contributed by atoms with van der Waals surface area (Å²) in [7, 11) is 1.53. The molecule has 10 heavy (non-hydrogen) atoms. The lowest BCUT2D eigenvalue weighted by Gasteiger charge is -2.29. The molecule has 1 fully saturated rings. The van der Waals surface area contributed by atoms with Crippen molar-refractivity contribution < 1.29 is 14.3 Å². The Morgan fingerprint density at radius 1 is 1.70 bits per heavy atom. The van der Waals surface area contributed by atoms with Crippen LogP contribution in [0.25, 0.3) is 0 Å². The molecule has 0 aromatic heterocycles. The maximum absolute atomic E-state index is 11.0. The fraction of sp³-hybridized carbons (Fsp3) is 0.857. The number of carbonyl (C=O) groups is 1. The first-order valence-corrected chi connectivity index (χ1v) is 3.41. The normalized spacial score (nSPS) is 33.6. The molecule has 0 bridgehead atoms. The molecule has 1 rings (SSSR count). The van der Waals surface area contributed by atoms with Crippen molar-refractivity contribution in [3.8, 4) is 0 Å². The Kier molecular flexibility index (Phi) is 1.94. The fourth-order valence-electron chi connectivity index (χ4n) is 1.01. The topological polar surface area (TPSA) is 35.5 Å². The number of hydrogen-bond acceptors (Lipinski definition) is 3. The van der Waals surface area contributed by atoms with E-state index in [-0.39, 0.29) is 5.97 Å². The Morgan fingerprint density at radius 3 is 2.80 bits per heavy atom. The molecule has 0 aromatic carbocycles. The summed E-state index contributed by atoms with van der Waals surface area (Å²) in [6.45, 7) is 2.30. The standard InChI is InChI=1S/C7H12O3/c1-7(9-2)4-3-5-10-6(7)8/h3-5H2,1-2H3. The Hall–Kier alpha value is -0.570. The molecule has 0 amide bonds. The zero-order valence-electron chi connectivity index (χ0n) is 6.35. The molecule has 1 saturated heterocycles. The van der Waals surface area contributed by atoms with Crippen molar-refractivity contribution in [1.82, 2.24) is 0 Å². The molecule has 1 aliphatic heterocycles. The maximum atomic E-state index is 11.0. The van der Waals surface area contributed by atoms with Crippen LogP contribution in [0.4, 0.5) is 0 Å². The molecule has 1 heterocycles. The quantitative estimate of drug-likeness (QED) is 0.509. The van der Waals surface area contributed by atoms with E-state index >= 15 is 0 Å². The van der Waals surface area contributed by atoms with Gasteiger partial charge in [-0.3, -0.25) is 0 Å². The number of hydrogen-bond donors (Lipinski definition) is 0. The van der Waals surface area contributed by atoms with E-state index in [4.69, 9.17) is 9.47 Å². The van der Waals surface area contributed by atoms with Crippen LogP contribution in [0.1, 0.15) is 19.8 Å². The summed E-state index contributed by atoms with van der Waals surface area (Å²) < 4.78 is 9.84. The fourth-order valence-corrected chi connectivity index (χ4v) is 1.01. The van der Waals surface area contributed by atoms with Gasteiger partial charge < -0.3 is 9.47 Å². The molecule has 3 heteroatoms. The first kappa shape index (κ1) is 7.54. The zero-order valence-corrected chi connectivity index (χ0v) is 6.35. The van der Waals surface area contributed by atoms with Crippen molar-refractivity contribution in [2.75, 3.05) is 13.7 Å². The van der Waals surface area contributed by atoms with Gasteiger partial charge in [0.1, 0.15) is 0 Å². The number of cyclic esters (lactones) is 1. The van der Waals surface area contributed by atoms with E-state index < -0.39 is 5.60 Å². The summed E-state index contributed by atoms with van der Waals surface area (Å²) in [5.41, 5.74) is -0.682. The summed E-state index contributed by atoms with van der Waals surface area (Å²) in [5.74, 6) is -0.235. The van der Waals surface area contributed by atoms with E-state index in [1.54, 1.807) is 6.92 Å². The molecule has 0 radical (unpaired) electrons. The number of methoxy groups -OCH3 is 1. The molecule has 1 aliphatic rings. The molecule has 1 atom stereocenters. The average molecular weight is 144 g/mol. The molecule has 0 spiro atoms. The predicted molar refractivity (Wildman–Crippen MR) is 35.6 cm³/mol. The molecular formula is C7H12O3. The first-order valence-electron chi connectivity index (χ1n) is 3.41. The molecule has 1 unspecified atom stereocenters. The molecule has 0 aliphatic carbocycles. The van der Waals surface area contributed by atoms with Crippen LogP contribution in [0.3, 0.4) is 0 Å². The lowest BCUT2D eigenvalue weighted by molar-refractivity contribution is -0.175. The smallest absolute Gasteiger partial charge is 0.338 e. The number of ether oxygens (including phenoxy) is 2. The van der Waals surface area contributed by atoms with E-state index in [2.05, 4.69) is 0 Å². The van der Waals surface area contributed by atoms with Gasteiger partial charge in [-0.25, -0.2) is 4.79 Å². The van der Waals surface area contributed by atoms with Gasteiger partial charge in [-0.05, 0) is 19.8 Å². The summed E-state index contributed by atoms with van der Waals surface area (Å²) >= 11 is 0. The van der Waals surface area contributed by atoms with Gasteiger partial charge in [0.15, 0.2) is 5.60 Å². The second-order valence-corrected chi connectivity index (χ2v) is 2.67. The number of esters is 1. The van der Waals surface area contributed by atoms with Crippen LogP contribution in [0, 0.1) is 0 Å². The van der Waals surface area contributed by atoms with Crippen LogP contribution in [-0.2, 0) is 14.3 Å². The number of carbonyl (C=O) groups excluding carboxylic acids is 1. The predicted octanol–water partition coefficient (Wildman–Crippen LogP) is 0.728. The highest BCUT2D eigenvalue weighted by molar-refractivity contribution is 5.79. The highest BCUT2D eigenvalue weighted by Gasteiger charge is 2.37. The Labute approximate surface area is 60.3 Å². The van der Waals surface area contributed by atoms with Gasteiger partial charge in [-0.1, -0.05) is 0 Å². The summed E-state index contributed by atoms with van der Waals surface area (Å²) in [6.07, 6.45) is 1.67. The summed E-state index contributed by atoms with van der Waals surface area (Å²) in [5, 5.41) is 0. The molecule has 3 nitrogen and oxygen atoms in total. The monoisotopic (exact) mass is 144 g/mol.